The van der Waals surface area contributed by atoms with Crippen LogP contribution in [0.15, 0.2) is 22.7 Å². The van der Waals surface area contributed by atoms with Crippen LogP contribution < -0.4 is 10.1 Å². The lowest BCUT2D eigenvalue weighted by Gasteiger charge is -2.16. The fourth-order valence-corrected chi connectivity index (χ4v) is 2.62. The van der Waals surface area contributed by atoms with Crippen molar-refractivity contribution in [2.75, 3.05) is 33.3 Å². The first-order chi connectivity index (χ1) is 8.67. The zero-order valence-corrected chi connectivity index (χ0v) is 12.0. The molecule has 3 nitrogen and oxygen atoms in total. The minimum absolute atomic E-state index is 0.282. The third kappa shape index (κ3) is 3.93. The van der Waals surface area contributed by atoms with Gasteiger partial charge in [0.15, 0.2) is 0 Å². The van der Waals surface area contributed by atoms with Crippen LogP contribution in [0.4, 0.5) is 4.39 Å². The Balaban J connectivity index is 1.75. The summed E-state index contributed by atoms with van der Waals surface area (Å²) in [5.74, 6) is 0.294. The van der Waals surface area contributed by atoms with E-state index in [4.69, 9.17) is 4.74 Å². The molecule has 1 N–H and O–H groups in total. The summed E-state index contributed by atoms with van der Waals surface area (Å²) in [4.78, 5) is 2.36. The predicted molar refractivity (Wildman–Crippen MR) is 73.5 cm³/mol. The van der Waals surface area contributed by atoms with Crippen LogP contribution in [0.2, 0.25) is 0 Å². The Labute approximate surface area is 115 Å². The molecule has 1 atom stereocenters. The molecular weight excluding hydrogens is 299 g/mol. The lowest BCUT2D eigenvalue weighted by atomic mass is 10.3. The average molecular weight is 317 g/mol. The van der Waals surface area contributed by atoms with Crippen molar-refractivity contribution >= 4 is 15.9 Å². The lowest BCUT2D eigenvalue weighted by Crippen LogP contribution is -2.31. The number of benzene rings is 1. The van der Waals surface area contributed by atoms with E-state index >= 15 is 0 Å². The molecule has 1 saturated heterocycles. The summed E-state index contributed by atoms with van der Waals surface area (Å²) in [6.45, 7) is 3.63. The van der Waals surface area contributed by atoms with E-state index < -0.39 is 0 Å². The van der Waals surface area contributed by atoms with E-state index in [1.54, 1.807) is 6.07 Å². The van der Waals surface area contributed by atoms with Crippen LogP contribution in [0, 0.1) is 5.82 Å². The van der Waals surface area contributed by atoms with E-state index in [9.17, 15) is 4.39 Å². The van der Waals surface area contributed by atoms with Crippen molar-refractivity contribution in [2.24, 2.45) is 0 Å². The van der Waals surface area contributed by atoms with Crippen molar-refractivity contribution in [3.05, 3.63) is 28.5 Å². The number of rotatable bonds is 5. The van der Waals surface area contributed by atoms with Gasteiger partial charge in [0.25, 0.3) is 0 Å². The van der Waals surface area contributed by atoms with Gasteiger partial charge in [-0.05, 0) is 32.1 Å². The first-order valence-electron chi connectivity index (χ1n) is 6.16. The van der Waals surface area contributed by atoms with Gasteiger partial charge in [0.1, 0.15) is 18.2 Å². The van der Waals surface area contributed by atoms with Crippen LogP contribution in [0.25, 0.3) is 0 Å². The van der Waals surface area contributed by atoms with Crippen LogP contribution in [-0.2, 0) is 0 Å². The van der Waals surface area contributed by atoms with Gasteiger partial charge in [-0.1, -0.05) is 15.9 Å². The van der Waals surface area contributed by atoms with Gasteiger partial charge >= 0.3 is 0 Å². The first kappa shape index (κ1) is 13.8. The Morgan fingerprint density at radius 2 is 2.33 bits per heavy atom. The highest BCUT2D eigenvalue weighted by molar-refractivity contribution is 9.10. The second-order valence-electron chi connectivity index (χ2n) is 4.53. The van der Waals surface area contributed by atoms with Crippen molar-refractivity contribution in [1.29, 1.82) is 0 Å². The number of nitrogens with one attached hydrogen (secondary N) is 1. The van der Waals surface area contributed by atoms with Crippen LogP contribution in [-0.4, -0.2) is 44.2 Å². The van der Waals surface area contributed by atoms with Gasteiger partial charge in [-0.15, -0.1) is 0 Å². The van der Waals surface area contributed by atoms with Crippen molar-refractivity contribution < 1.29 is 9.13 Å². The second-order valence-corrected chi connectivity index (χ2v) is 5.44. The Kier molecular flexibility index (Phi) is 4.97. The number of likely N-dealkylation sites (N-methyl/N-ethyl adjacent to an activating group) is 1. The van der Waals surface area contributed by atoms with Crippen molar-refractivity contribution in [1.82, 2.24) is 10.2 Å². The molecule has 0 aromatic heterocycles. The lowest BCUT2D eigenvalue weighted by molar-refractivity contribution is 0.234. The molecule has 18 heavy (non-hydrogen) atoms. The molecule has 1 fully saturated rings. The van der Waals surface area contributed by atoms with Crippen molar-refractivity contribution in [3.8, 4) is 5.75 Å². The molecule has 1 unspecified atom stereocenters. The SMILES string of the molecule is CNC1CCN(CCOc2cc(F)cc(Br)c2)C1. The standard InChI is InChI=1S/C13H18BrFN2O/c1-16-12-2-3-17(9-12)4-5-18-13-7-10(14)6-11(15)8-13/h6-8,12,16H,2-5,9H2,1H3. The fraction of sp³-hybridized carbons (Fsp3) is 0.538. The minimum Gasteiger partial charge on any atom is -0.492 e. The second kappa shape index (κ2) is 6.50. The first-order valence-corrected chi connectivity index (χ1v) is 6.95. The highest BCUT2D eigenvalue weighted by atomic mass is 79.9. The zero-order valence-electron chi connectivity index (χ0n) is 10.5. The molecule has 1 aromatic carbocycles. The molecule has 100 valence electrons. The van der Waals surface area contributed by atoms with Gasteiger partial charge in [0.2, 0.25) is 0 Å². The third-order valence-corrected chi connectivity index (χ3v) is 3.65. The van der Waals surface area contributed by atoms with Crippen LogP contribution in [0.3, 0.4) is 0 Å². The summed E-state index contributed by atoms with van der Waals surface area (Å²) in [5, 5.41) is 3.28. The summed E-state index contributed by atoms with van der Waals surface area (Å²) < 4.78 is 19.4. The molecule has 2 rings (SSSR count). The quantitative estimate of drug-likeness (QED) is 0.902. The minimum atomic E-state index is -0.282. The molecule has 0 radical (unpaired) electrons. The van der Waals surface area contributed by atoms with Gasteiger partial charge in [-0.2, -0.15) is 0 Å². The molecule has 1 aliphatic rings. The molecule has 5 heteroatoms. The molecule has 0 aliphatic carbocycles. The summed E-state index contributed by atoms with van der Waals surface area (Å²) in [6, 6.07) is 5.20. The Morgan fingerprint density at radius 3 is 3.00 bits per heavy atom. The normalized spacial score (nSPS) is 20.3. The fourth-order valence-electron chi connectivity index (χ4n) is 2.18. The molecule has 0 saturated carbocycles. The van der Waals surface area contributed by atoms with Crippen molar-refractivity contribution in [3.63, 3.8) is 0 Å². The number of halogens is 2. The summed E-state index contributed by atoms with van der Waals surface area (Å²) in [7, 11) is 1.99. The largest absolute Gasteiger partial charge is 0.492 e. The summed E-state index contributed by atoms with van der Waals surface area (Å²) in [5.41, 5.74) is 0. The molecule has 0 spiro atoms. The van der Waals surface area contributed by atoms with E-state index in [1.807, 2.05) is 7.05 Å². The number of ether oxygens (including phenoxy) is 1. The van der Waals surface area contributed by atoms with E-state index in [-0.39, 0.29) is 5.82 Å². The maximum atomic E-state index is 13.1. The number of likely N-dealkylation sites (tertiary alicyclic amines) is 1. The van der Waals surface area contributed by atoms with E-state index in [0.717, 1.165) is 19.6 Å². The van der Waals surface area contributed by atoms with Crippen LogP contribution in [0.1, 0.15) is 6.42 Å². The summed E-state index contributed by atoms with van der Waals surface area (Å²) in [6.07, 6.45) is 1.18. The van der Waals surface area contributed by atoms with Crippen LogP contribution >= 0.6 is 15.9 Å². The van der Waals surface area contributed by atoms with Gasteiger partial charge in [-0.3, -0.25) is 4.90 Å². The van der Waals surface area contributed by atoms with Gasteiger partial charge in [0, 0.05) is 29.7 Å². The predicted octanol–water partition coefficient (Wildman–Crippen LogP) is 2.26. The number of nitrogens with zero attached hydrogens (tertiary/aromatic N) is 1. The average Bonchev–Trinajstić information content (AvgIpc) is 2.76. The molecule has 1 aliphatic heterocycles. The van der Waals surface area contributed by atoms with Gasteiger partial charge < -0.3 is 10.1 Å². The Bertz CT molecular complexity index is 382. The zero-order chi connectivity index (χ0) is 13.0. The molecular formula is C13H18BrFN2O. The highest BCUT2D eigenvalue weighted by Crippen LogP contribution is 2.20. The Hall–Kier alpha value is -0.650. The number of hydrogen-bond donors (Lipinski definition) is 1. The highest BCUT2D eigenvalue weighted by Gasteiger charge is 2.20. The molecule has 1 heterocycles. The monoisotopic (exact) mass is 316 g/mol. The number of hydrogen-bond acceptors (Lipinski definition) is 3. The van der Waals surface area contributed by atoms with E-state index in [0.29, 0.717) is 22.9 Å². The van der Waals surface area contributed by atoms with Gasteiger partial charge in [0.05, 0.1) is 0 Å². The third-order valence-electron chi connectivity index (χ3n) is 3.19. The maximum Gasteiger partial charge on any atom is 0.128 e. The smallest absolute Gasteiger partial charge is 0.128 e. The molecule has 0 amide bonds. The Morgan fingerprint density at radius 1 is 1.50 bits per heavy atom. The van der Waals surface area contributed by atoms with E-state index in [1.165, 1.54) is 18.6 Å². The van der Waals surface area contributed by atoms with Crippen molar-refractivity contribution in [2.45, 2.75) is 12.5 Å². The topological polar surface area (TPSA) is 24.5 Å². The summed E-state index contributed by atoms with van der Waals surface area (Å²) >= 11 is 3.25. The van der Waals surface area contributed by atoms with E-state index in [2.05, 4.69) is 26.1 Å². The molecule has 1 aromatic rings. The van der Waals surface area contributed by atoms with Crippen LogP contribution in [0.5, 0.6) is 5.75 Å². The van der Waals surface area contributed by atoms with Gasteiger partial charge in [-0.25, -0.2) is 4.39 Å². The molecule has 0 bridgehead atoms. The maximum absolute atomic E-state index is 13.1.